The van der Waals surface area contributed by atoms with E-state index in [0.717, 1.165) is 19.5 Å². The number of fused-ring (bicyclic) bond motifs is 1. The highest BCUT2D eigenvalue weighted by molar-refractivity contribution is 5.82. The van der Waals surface area contributed by atoms with E-state index in [-0.39, 0.29) is 11.9 Å². The van der Waals surface area contributed by atoms with Crippen LogP contribution in [0.15, 0.2) is 48.5 Å². The molecule has 22 heavy (non-hydrogen) atoms. The first-order valence-corrected chi connectivity index (χ1v) is 7.75. The van der Waals surface area contributed by atoms with Gasteiger partial charge in [-0.15, -0.1) is 0 Å². The Bertz CT molecular complexity index is 663. The lowest BCUT2D eigenvalue weighted by Crippen LogP contribution is -2.49. The molecule has 0 saturated carbocycles. The molecule has 1 aliphatic rings. The zero-order chi connectivity index (χ0) is 15.5. The van der Waals surface area contributed by atoms with Crippen LogP contribution in [0.25, 0.3) is 0 Å². The number of likely N-dealkylation sites (N-methyl/N-ethyl adjacent to an activating group) is 1. The summed E-state index contributed by atoms with van der Waals surface area (Å²) in [6.07, 6.45) is 0.779. The second kappa shape index (κ2) is 6.32. The van der Waals surface area contributed by atoms with Crippen molar-refractivity contribution < 1.29 is 4.79 Å². The number of carbonyl (C=O) groups excluding carboxylic acids is 1. The Morgan fingerprint density at radius 2 is 1.82 bits per heavy atom. The summed E-state index contributed by atoms with van der Waals surface area (Å²) < 4.78 is 0. The molecule has 2 aromatic rings. The Kier molecular flexibility index (Phi) is 4.25. The van der Waals surface area contributed by atoms with E-state index in [1.54, 1.807) is 7.05 Å². The molecule has 3 rings (SSSR count). The molecule has 1 unspecified atom stereocenters. The van der Waals surface area contributed by atoms with Crippen LogP contribution in [0.4, 0.5) is 0 Å². The minimum absolute atomic E-state index is 0.0961. The first kappa shape index (κ1) is 14.8. The van der Waals surface area contributed by atoms with E-state index < -0.39 is 0 Å². The summed E-state index contributed by atoms with van der Waals surface area (Å²) in [7, 11) is 1.72. The predicted octanol–water partition coefficient (Wildman–Crippen LogP) is 2.67. The minimum atomic E-state index is -0.0961. The van der Waals surface area contributed by atoms with Crippen LogP contribution in [0.1, 0.15) is 22.3 Å². The second-order valence-electron chi connectivity index (χ2n) is 5.99. The number of hydrogen-bond acceptors (Lipinski definition) is 2. The van der Waals surface area contributed by atoms with E-state index in [2.05, 4.69) is 65.7 Å². The van der Waals surface area contributed by atoms with Crippen molar-refractivity contribution in [2.24, 2.45) is 0 Å². The Morgan fingerprint density at radius 1 is 1.14 bits per heavy atom. The Hall–Kier alpha value is -2.13. The molecule has 0 aliphatic carbocycles. The van der Waals surface area contributed by atoms with Crippen LogP contribution >= 0.6 is 0 Å². The van der Waals surface area contributed by atoms with Crippen molar-refractivity contribution >= 4 is 5.91 Å². The maximum absolute atomic E-state index is 12.3. The second-order valence-corrected chi connectivity index (χ2v) is 5.99. The molecule has 1 atom stereocenters. The van der Waals surface area contributed by atoms with Crippen molar-refractivity contribution in [3.8, 4) is 0 Å². The van der Waals surface area contributed by atoms with Gasteiger partial charge in [0, 0.05) is 20.1 Å². The first-order chi connectivity index (χ1) is 10.7. The van der Waals surface area contributed by atoms with Gasteiger partial charge < -0.3 is 5.32 Å². The molecule has 0 fully saturated rings. The van der Waals surface area contributed by atoms with Gasteiger partial charge in [-0.3, -0.25) is 9.69 Å². The maximum atomic E-state index is 12.3. The minimum Gasteiger partial charge on any atom is -0.358 e. The third-order valence-corrected chi connectivity index (χ3v) is 4.40. The molecule has 1 aliphatic heterocycles. The van der Waals surface area contributed by atoms with Gasteiger partial charge in [-0.1, -0.05) is 54.1 Å². The van der Waals surface area contributed by atoms with E-state index in [0.29, 0.717) is 0 Å². The van der Waals surface area contributed by atoms with Gasteiger partial charge in [-0.05, 0) is 30.0 Å². The summed E-state index contributed by atoms with van der Waals surface area (Å²) in [5.74, 6) is 0.0987. The van der Waals surface area contributed by atoms with Gasteiger partial charge in [0.2, 0.25) is 5.91 Å². The summed E-state index contributed by atoms with van der Waals surface area (Å²) in [5, 5.41) is 2.81. The van der Waals surface area contributed by atoms with Crippen LogP contribution in [-0.2, 0) is 24.3 Å². The number of aryl methyl sites for hydroxylation is 1. The fraction of sp³-hybridized carbons (Fsp3) is 0.316. The molecular formula is C19H22N2O. The molecule has 2 aromatic carbocycles. The smallest absolute Gasteiger partial charge is 0.237 e. The zero-order valence-electron chi connectivity index (χ0n) is 13.2. The molecule has 0 radical (unpaired) electrons. The molecule has 1 N–H and O–H groups in total. The molecule has 3 heteroatoms. The quantitative estimate of drug-likeness (QED) is 0.944. The lowest BCUT2D eigenvalue weighted by molar-refractivity contribution is -0.126. The molecule has 114 valence electrons. The highest BCUT2D eigenvalue weighted by atomic mass is 16.2. The molecule has 0 spiro atoms. The lowest BCUT2D eigenvalue weighted by atomic mass is 9.93. The summed E-state index contributed by atoms with van der Waals surface area (Å²) in [6.45, 7) is 3.71. The van der Waals surface area contributed by atoms with Crippen LogP contribution < -0.4 is 5.32 Å². The van der Waals surface area contributed by atoms with Crippen molar-refractivity contribution in [1.29, 1.82) is 0 Å². The van der Waals surface area contributed by atoms with Crippen LogP contribution in [0.5, 0.6) is 0 Å². The van der Waals surface area contributed by atoms with Crippen molar-refractivity contribution in [1.82, 2.24) is 10.2 Å². The largest absolute Gasteiger partial charge is 0.358 e. The fourth-order valence-electron chi connectivity index (χ4n) is 3.10. The average molecular weight is 294 g/mol. The monoisotopic (exact) mass is 294 g/mol. The number of hydrogen-bond donors (Lipinski definition) is 1. The third-order valence-electron chi connectivity index (χ3n) is 4.40. The topological polar surface area (TPSA) is 32.3 Å². The van der Waals surface area contributed by atoms with Gasteiger partial charge in [-0.25, -0.2) is 0 Å². The van der Waals surface area contributed by atoms with E-state index in [9.17, 15) is 4.79 Å². The summed E-state index contributed by atoms with van der Waals surface area (Å²) in [6, 6.07) is 16.9. The number of rotatable bonds is 3. The van der Waals surface area contributed by atoms with Crippen LogP contribution in [0, 0.1) is 6.92 Å². The van der Waals surface area contributed by atoms with Gasteiger partial charge in [0.25, 0.3) is 0 Å². The summed E-state index contributed by atoms with van der Waals surface area (Å²) >= 11 is 0. The van der Waals surface area contributed by atoms with Crippen LogP contribution in [0.2, 0.25) is 0 Å². The molecule has 0 bridgehead atoms. The fourth-order valence-corrected chi connectivity index (χ4v) is 3.10. The van der Waals surface area contributed by atoms with Crippen molar-refractivity contribution in [2.45, 2.75) is 32.5 Å². The summed E-state index contributed by atoms with van der Waals surface area (Å²) in [5.41, 5.74) is 5.13. The number of carbonyl (C=O) groups is 1. The first-order valence-electron chi connectivity index (χ1n) is 7.75. The Balaban J connectivity index is 1.86. The van der Waals surface area contributed by atoms with Crippen molar-refractivity contribution in [3.63, 3.8) is 0 Å². The SMILES string of the molecule is CNC(=O)C1Cc2ccccc2CN1Cc1ccc(C)cc1. The van der Waals surface area contributed by atoms with Gasteiger partial charge in [0.05, 0.1) is 6.04 Å². The number of amides is 1. The van der Waals surface area contributed by atoms with Gasteiger partial charge in [0.15, 0.2) is 0 Å². The van der Waals surface area contributed by atoms with Crippen molar-refractivity contribution in [3.05, 3.63) is 70.8 Å². The summed E-state index contributed by atoms with van der Waals surface area (Å²) in [4.78, 5) is 14.5. The normalized spacial score (nSPS) is 17.8. The van der Waals surface area contributed by atoms with Gasteiger partial charge in [0.1, 0.15) is 0 Å². The Labute approximate surface area is 132 Å². The molecule has 3 nitrogen and oxygen atoms in total. The number of nitrogens with zero attached hydrogens (tertiary/aromatic N) is 1. The highest BCUT2D eigenvalue weighted by Gasteiger charge is 2.30. The standard InChI is InChI=1S/C19H22N2O/c1-14-7-9-15(10-8-14)12-21-13-17-6-4-3-5-16(17)11-18(21)19(22)20-2/h3-10,18H,11-13H2,1-2H3,(H,20,22). The zero-order valence-corrected chi connectivity index (χ0v) is 13.2. The van der Waals surface area contributed by atoms with Gasteiger partial charge in [-0.2, -0.15) is 0 Å². The van der Waals surface area contributed by atoms with Gasteiger partial charge >= 0.3 is 0 Å². The van der Waals surface area contributed by atoms with Crippen molar-refractivity contribution in [2.75, 3.05) is 7.05 Å². The lowest BCUT2D eigenvalue weighted by Gasteiger charge is -2.35. The van der Waals surface area contributed by atoms with Crippen LogP contribution in [-0.4, -0.2) is 23.9 Å². The molecule has 1 amide bonds. The molecule has 1 heterocycles. The van der Waals surface area contributed by atoms with Crippen LogP contribution in [0.3, 0.4) is 0 Å². The Morgan fingerprint density at radius 3 is 2.50 bits per heavy atom. The number of benzene rings is 2. The number of nitrogens with one attached hydrogen (secondary N) is 1. The van der Waals surface area contributed by atoms with E-state index >= 15 is 0 Å². The van der Waals surface area contributed by atoms with E-state index in [1.165, 1.54) is 22.3 Å². The van der Waals surface area contributed by atoms with E-state index in [1.807, 2.05) is 0 Å². The molecule has 0 saturated heterocycles. The predicted molar refractivity (Wildman–Crippen MR) is 88.4 cm³/mol. The van der Waals surface area contributed by atoms with E-state index in [4.69, 9.17) is 0 Å². The third kappa shape index (κ3) is 3.04. The molecule has 0 aromatic heterocycles. The molecular weight excluding hydrogens is 272 g/mol. The average Bonchev–Trinajstić information content (AvgIpc) is 2.55. The maximum Gasteiger partial charge on any atom is 0.237 e. The highest BCUT2D eigenvalue weighted by Crippen LogP contribution is 2.25.